The molecule has 0 amide bonds. The number of carbonyl (C=O) groups excluding carboxylic acids is 1. The highest BCUT2D eigenvalue weighted by Gasteiger charge is 2.16. The normalized spacial score (nSPS) is 12.3. The molecule has 2 nitrogen and oxygen atoms in total. The third kappa shape index (κ3) is 4.38. The minimum atomic E-state index is 0.277. The minimum Gasteiger partial charge on any atom is -0.494 e. The van der Waals surface area contributed by atoms with Crippen LogP contribution >= 0.6 is 0 Å². The van der Waals surface area contributed by atoms with Crippen LogP contribution in [0.25, 0.3) is 0 Å². The van der Waals surface area contributed by atoms with Crippen LogP contribution in [0.2, 0.25) is 0 Å². The van der Waals surface area contributed by atoms with Gasteiger partial charge < -0.3 is 9.53 Å². The van der Waals surface area contributed by atoms with Crippen molar-refractivity contribution in [3.05, 3.63) is 28.8 Å². The van der Waals surface area contributed by atoms with Gasteiger partial charge >= 0.3 is 0 Å². The minimum absolute atomic E-state index is 0.277. The second kappa shape index (κ2) is 7.32. The van der Waals surface area contributed by atoms with Crippen LogP contribution in [-0.4, -0.2) is 12.4 Å². The molecule has 19 heavy (non-hydrogen) atoms. The van der Waals surface area contributed by atoms with E-state index in [1.807, 2.05) is 6.92 Å². The lowest BCUT2D eigenvalue weighted by atomic mass is 9.85. The maximum atomic E-state index is 11.2. The SMILES string of the molecule is CCOc1cc(C)c(C(CC)CCC(C)=O)c(C)c1. The monoisotopic (exact) mass is 262 g/mol. The highest BCUT2D eigenvalue weighted by Crippen LogP contribution is 2.33. The second-order valence-electron chi connectivity index (χ2n) is 5.25. The molecule has 0 aromatic heterocycles. The number of ether oxygens (including phenoxy) is 1. The molecule has 0 saturated carbocycles. The number of hydrogen-bond acceptors (Lipinski definition) is 2. The lowest BCUT2D eigenvalue weighted by molar-refractivity contribution is -0.117. The van der Waals surface area contributed by atoms with E-state index >= 15 is 0 Å². The van der Waals surface area contributed by atoms with Crippen molar-refractivity contribution in [3.8, 4) is 5.75 Å². The summed E-state index contributed by atoms with van der Waals surface area (Å²) in [6.07, 6.45) is 2.69. The number of rotatable bonds is 7. The van der Waals surface area contributed by atoms with Gasteiger partial charge in [-0.25, -0.2) is 0 Å². The summed E-state index contributed by atoms with van der Waals surface area (Å²) in [5.41, 5.74) is 3.95. The van der Waals surface area contributed by atoms with Crippen molar-refractivity contribution in [3.63, 3.8) is 0 Å². The fraction of sp³-hybridized carbons (Fsp3) is 0.588. The molecule has 0 bridgehead atoms. The summed E-state index contributed by atoms with van der Waals surface area (Å²) in [5.74, 6) is 1.70. The maximum absolute atomic E-state index is 11.2. The van der Waals surface area contributed by atoms with Crippen LogP contribution in [0, 0.1) is 13.8 Å². The van der Waals surface area contributed by atoms with Crippen LogP contribution in [0.4, 0.5) is 0 Å². The lowest BCUT2D eigenvalue weighted by Gasteiger charge is -2.21. The molecule has 0 radical (unpaired) electrons. The maximum Gasteiger partial charge on any atom is 0.129 e. The van der Waals surface area contributed by atoms with Gasteiger partial charge in [0.05, 0.1) is 6.61 Å². The fourth-order valence-electron chi connectivity index (χ4n) is 2.76. The van der Waals surface area contributed by atoms with Gasteiger partial charge in [-0.05, 0) is 75.3 Å². The van der Waals surface area contributed by atoms with E-state index in [0.29, 0.717) is 18.9 Å². The van der Waals surface area contributed by atoms with Crippen LogP contribution in [0.1, 0.15) is 62.6 Å². The Labute approximate surface area is 117 Å². The molecule has 0 heterocycles. The molecule has 1 unspecified atom stereocenters. The van der Waals surface area contributed by atoms with E-state index in [1.165, 1.54) is 16.7 Å². The van der Waals surface area contributed by atoms with Crippen molar-refractivity contribution in [1.29, 1.82) is 0 Å². The molecule has 1 aromatic carbocycles. The summed E-state index contributed by atoms with van der Waals surface area (Å²) in [4.78, 5) is 11.2. The summed E-state index contributed by atoms with van der Waals surface area (Å²) >= 11 is 0. The molecule has 0 N–H and O–H groups in total. The zero-order valence-corrected chi connectivity index (χ0v) is 12.9. The summed E-state index contributed by atoms with van der Waals surface area (Å²) in [6, 6.07) is 4.23. The van der Waals surface area contributed by atoms with Gasteiger partial charge in [0.25, 0.3) is 0 Å². The third-order valence-electron chi connectivity index (χ3n) is 3.62. The standard InChI is InChI=1S/C17H26O2/c1-6-15(9-8-14(5)18)17-12(3)10-16(19-7-2)11-13(17)4/h10-11,15H,6-9H2,1-5H3. The first-order valence-electron chi connectivity index (χ1n) is 7.22. The van der Waals surface area contributed by atoms with Gasteiger partial charge in [0.2, 0.25) is 0 Å². The molecule has 0 fully saturated rings. The van der Waals surface area contributed by atoms with Gasteiger partial charge in [-0.2, -0.15) is 0 Å². The number of ketones is 1. The largest absolute Gasteiger partial charge is 0.494 e. The van der Waals surface area contributed by atoms with Crippen molar-refractivity contribution in [1.82, 2.24) is 0 Å². The van der Waals surface area contributed by atoms with Crippen LogP contribution in [0.3, 0.4) is 0 Å². The van der Waals surface area contributed by atoms with Crippen molar-refractivity contribution in [2.24, 2.45) is 0 Å². The average Bonchev–Trinajstić information content (AvgIpc) is 2.32. The summed E-state index contributed by atoms with van der Waals surface area (Å²) < 4.78 is 5.58. The predicted octanol–water partition coefficient (Wildman–Crippen LogP) is 4.56. The zero-order valence-electron chi connectivity index (χ0n) is 12.9. The van der Waals surface area contributed by atoms with Crippen LogP contribution in [0.15, 0.2) is 12.1 Å². The van der Waals surface area contributed by atoms with Crippen molar-refractivity contribution >= 4 is 5.78 Å². The molecule has 0 spiro atoms. The van der Waals surface area contributed by atoms with E-state index in [9.17, 15) is 4.79 Å². The highest BCUT2D eigenvalue weighted by atomic mass is 16.5. The molecule has 1 atom stereocenters. The fourth-order valence-corrected chi connectivity index (χ4v) is 2.76. The van der Waals surface area contributed by atoms with E-state index in [2.05, 4.69) is 32.9 Å². The Bertz CT molecular complexity index is 412. The number of hydrogen-bond donors (Lipinski definition) is 0. The Morgan fingerprint density at radius 3 is 2.21 bits per heavy atom. The first-order valence-corrected chi connectivity index (χ1v) is 7.22. The smallest absolute Gasteiger partial charge is 0.129 e. The molecule has 1 rings (SSSR count). The average molecular weight is 262 g/mol. The van der Waals surface area contributed by atoms with Gasteiger partial charge in [0, 0.05) is 6.42 Å². The molecule has 1 aromatic rings. The first-order chi connectivity index (χ1) is 8.99. The van der Waals surface area contributed by atoms with E-state index in [4.69, 9.17) is 4.74 Å². The third-order valence-corrected chi connectivity index (χ3v) is 3.62. The summed E-state index contributed by atoms with van der Waals surface area (Å²) in [6.45, 7) is 10.8. The zero-order chi connectivity index (χ0) is 14.4. The van der Waals surface area contributed by atoms with Gasteiger partial charge in [-0.1, -0.05) is 6.92 Å². The molecule has 0 saturated heterocycles. The van der Waals surface area contributed by atoms with Crippen LogP contribution < -0.4 is 4.74 Å². The van der Waals surface area contributed by atoms with E-state index < -0.39 is 0 Å². The molecular formula is C17H26O2. The topological polar surface area (TPSA) is 26.3 Å². The van der Waals surface area contributed by atoms with Crippen molar-refractivity contribution in [2.45, 2.75) is 59.8 Å². The Morgan fingerprint density at radius 2 is 1.79 bits per heavy atom. The van der Waals surface area contributed by atoms with Gasteiger partial charge in [0.1, 0.15) is 11.5 Å². The van der Waals surface area contributed by atoms with Crippen molar-refractivity contribution in [2.75, 3.05) is 6.61 Å². The lowest BCUT2D eigenvalue weighted by Crippen LogP contribution is -2.06. The summed E-state index contributed by atoms with van der Waals surface area (Å²) in [5, 5.41) is 0. The molecule has 0 aliphatic rings. The Hall–Kier alpha value is -1.31. The number of benzene rings is 1. The quantitative estimate of drug-likeness (QED) is 0.719. The van der Waals surface area contributed by atoms with Gasteiger partial charge in [0.15, 0.2) is 0 Å². The Kier molecular flexibility index (Phi) is 6.07. The van der Waals surface area contributed by atoms with E-state index in [1.54, 1.807) is 6.92 Å². The number of aryl methyl sites for hydroxylation is 2. The second-order valence-corrected chi connectivity index (χ2v) is 5.25. The highest BCUT2D eigenvalue weighted by molar-refractivity contribution is 5.75. The Morgan fingerprint density at radius 1 is 1.21 bits per heavy atom. The molecule has 2 heteroatoms. The first kappa shape index (κ1) is 15.7. The van der Waals surface area contributed by atoms with Crippen LogP contribution in [-0.2, 0) is 4.79 Å². The molecular weight excluding hydrogens is 236 g/mol. The van der Waals surface area contributed by atoms with Crippen molar-refractivity contribution < 1.29 is 9.53 Å². The van der Waals surface area contributed by atoms with Crippen LogP contribution in [0.5, 0.6) is 5.75 Å². The van der Waals surface area contributed by atoms with Gasteiger partial charge in [-0.15, -0.1) is 0 Å². The van der Waals surface area contributed by atoms with E-state index in [-0.39, 0.29) is 5.78 Å². The predicted molar refractivity (Wildman–Crippen MR) is 80.0 cm³/mol. The van der Waals surface area contributed by atoms with Gasteiger partial charge in [-0.3, -0.25) is 0 Å². The number of carbonyl (C=O) groups is 1. The number of Topliss-reactive ketones (excluding diaryl/α,β-unsaturated/α-hetero) is 1. The van der Waals surface area contributed by atoms with E-state index in [0.717, 1.165) is 18.6 Å². The molecule has 0 aliphatic heterocycles. The Balaban J connectivity index is 3.00. The summed E-state index contributed by atoms with van der Waals surface area (Å²) in [7, 11) is 0. The molecule has 106 valence electrons. The molecule has 0 aliphatic carbocycles.